The molecule has 61 heavy (non-hydrogen) atoms. The van der Waals surface area contributed by atoms with Crippen molar-refractivity contribution in [2.45, 2.75) is 81.9 Å². The summed E-state index contributed by atoms with van der Waals surface area (Å²) in [6, 6.07) is 66.8. The van der Waals surface area contributed by atoms with Gasteiger partial charge in [-0.2, -0.15) is 0 Å². The second-order valence-electron chi connectivity index (χ2n) is 15.3. The smallest absolute Gasteiger partial charge is 0.0637 e. The Morgan fingerprint density at radius 3 is 0.738 bits per heavy atom. The topological polar surface area (TPSA) is 0 Å². The first kappa shape index (κ1) is 46.7. The Balaban J connectivity index is 0.932. The van der Waals surface area contributed by atoms with Crippen molar-refractivity contribution < 1.29 is 0 Å². The van der Waals surface area contributed by atoms with E-state index < -0.39 is 0 Å². The molecule has 0 aromatic heterocycles. The first-order chi connectivity index (χ1) is 30.2. The lowest BCUT2D eigenvalue weighted by atomic mass is 9.84. The van der Waals surface area contributed by atoms with E-state index in [4.69, 9.17) is 0 Å². The second kappa shape index (κ2) is 23.6. The SMILES string of the molecule is c1ccc(C(SSSC2(SSSSSC3(SSSC(c4ccccc4)(c4ccccc4)c4ccccc4)CCCCC3)CCCCC2)(c2ccccc2)c2ccccc2)cc1. The van der Waals surface area contributed by atoms with Gasteiger partial charge in [0.2, 0.25) is 0 Å². The van der Waals surface area contributed by atoms with Crippen LogP contribution in [0.25, 0.3) is 0 Å². The Labute approximate surface area is 406 Å². The van der Waals surface area contributed by atoms with Crippen molar-refractivity contribution in [3.63, 3.8) is 0 Å². The molecule has 0 bridgehead atoms. The highest BCUT2D eigenvalue weighted by molar-refractivity contribution is 9.36. The summed E-state index contributed by atoms with van der Waals surface area (Å²) < 4.78 is -0.259. The van der Waals surface area contributed by atoms with E-state index in [1.165, 1.54) is 97.6 Å². The first-order valence-electron chi connectivity index (χ1n) is 20.9. The quantitative estimate of drug-likeness (QED) is 0.0311. The molecule has 8 rings (SSSR count). The second-order valence-corrected chi connectivity index (χ2v) is 33.1. The van der Waals surface area contributed by atoms with Crippen LogP contribution in [0.3, 0.4) is 0 Å². The average molecular weight is 1000 g/mol. The molecule has 6 aromatic carbocycles. The Kier molecular flexibility index (Phi) is 18.0. The van der Waals surface area contributed by atoms with E-state index in [-0.39, 0.29) is 17.7 Å². The molecule has 2 fully saturated rings. The third kappa shape index (κ3) is 11.6. The van der Waals surface area contributed by atoms with Gasteiger partial charge < -0.3 is 0 Å². The minimum Gasteiger partial charge on any atom is -0.0637 e. The molecule has 0 heterocycles. The van der Waals surface area contributed by atoms with Gasteiger partial charge in [0.1, 0.15) is 9.49 Å². The third-order valence-electron chi connectivity index (χ3n) is 11.4. The molecule has 0 unspecified atom stereocenters. The molecule has 2 saturated carbocycles. The standard InChI is InChI=1S/C50H50S11/c1-9-25-41(26-10-1)49(42-27-11-2-12-28-42,43-29-13-3-14-30-43)55-57-51-47(37-21-7-22-38-47)53-59-61-60-54-48(39-23-8-24-40-48)52-58-56-50(44-31-15-4-16-32-44,45-33-17-5-18-34-45)46-35-19-6-20-36-46/h1-6,9-20,25-36H,7-8,21-24,37-40H2. The van der Waals surface area contributed by atoms with Gasteiger partial charge in [0.05, 0.1) is 8.16 Å². The minimum atomic E-state index is -0.318. The fraction of sp³-hybridized carbons (Fsp3) is 0.280. The fourth-order valence-electron chi connectivity index (χ4n) is 8.29. The van der Waals surface area contributed by atoms with Crippen LogP contribution < -0.4 is 0 Å². The van der Waals surface area contributed by atoms with Gasteiger partial charge in [0.15, 0.2) is 0 Å². The van der Waals surface area contributed by atoms with Gasteiger partial charge in [-0.25, -0.2) is 0 Å². The van der Waals surface area contributed by atoms with Crippen molar-refractivity contribution in [1.82, 2.24) is 0 Å². The summed E-state index contributed by atoms with van der Waals surface area (Å²) in [5, 5.41) is 0. The molecular formula is C50H50S11. The Hall–Kier alpha value is -0.830. The van der Waals surface area contributed by atoms with Crippen LogP contribution in [-0.4, -0.2) is 8.16 Å². The molecule has 0 atom stereocenters. The number of benzene rings is 6. The van der Waals surface area contributed by atoms with E-state index in [1.54, 1.807) is 0 Å². The highest BCUT2D eigenvalue weighted by Gasteiger charge is 2.43. The van der Waals surface area contributed by atoms with Gasteiger partial charge >= 0.3 is 0 Å². The van der Waals surface area contributed by atoms with E-state index >= 15 is 0 Å². The van der Waals surface area contributed by atoms with Crippen molar-refractivity contribution in [2.24, 2.45) is 0 Å². The van der Waals surface area contributed by atoms with Gasteiger partial charge in [0, 0.05) is 0 Å². The number of rotatable bonds is 20. The zero-order chi connectivity index (χ0) is 41.5. The highest BCUT2D eigenvalue weighted by atomic mass is 33.8. The normalized spacial score (nSPS) is 16.5. The molecule has 0 aliphatic heterocycles. The highest BCUT2D eigenvalue weighted by Crippen LogP contribution is 2.69. The number of hydrogen-bond donors (Lipinski definition) is 0. The summed E-state index contributed by atoms with van der Waals surface area (Å²) in [5.74, 6) is 0. The Morgan fingerprint density at radius 2 is 0.492 bits per heavy atom. The zero-order valence-corrected chi connectivity index (χ0v) is 42.9. The summed E-state index contributed by atoms with van der Waals surface area (Å²) >= 11 is 0. The lowest BCUT2D eigenvalue weighted by Crippen LogP contribution is -2.25. The minimum absolute atomic E-state index is 0.189. The van der Waals surface area contributed by atoms with Gasteiger partial charge in [-0.1, -0.05) is 285 Å². The summed E-state index contributed by atoms with van der Waals surface area (Å²) in [7, 11) is 22.7. The van der Waals surface area contributed by atoms with E-state index in [9.17, 15) is 0 Å². The molecule has 0 N–H and O–H groups in total. The molecule has 0 saturated heterocycles. The van der Waals surface area contributed by atoms with E-state index in [0.29, 0.717) is 0 Å². The molecule has 6 aromatic rings. The molecule has 0 nitrogen and oxygen atoms in total. The maximum atomic E-state index is 2.31. The Morgan fingerprint density at radius 1 is 0.262 bits per heavy atom. The summed E-state index contributed by atoms with van der Waals surface area (Å²) in [6.07, 6.45) is 13.0. The van der Waals surface area contributed by atoms with Crippen molar-refractivity contribution in [2.75, 3.05) is 0 Å². The first-order valence-corrected chi connectivity index (χ1v) is 34.1. The zero-order valence-electron chi connectivity index (χ0n) is 33.9. The van der Waals surface area contributed by atoms with E-state index in [0.717, 1.165) is 0 Å². The molecular weight excluding hydrogens is 953 g/mol. The van der Waals surface area contributed by atoms with Gasteiger partial charge in [-0.3, -0.25) is 0 Å². The largest absolute Gasteiger partial charge is 0.102 e. The monoisotopic (exact) mass is 1000 g/mol. The van der Waals surface area contributed by atoms with Crippen LogP contribution in [0.15, 0.2) is 182 Å². The van der Waals surface area contributed by atoms with Gasteiger partial charge in [0.25, 0.3) is 0 Å². The molecule has 316 valence electrons. The van der Waals surface area contributed by atoms with Crippen molar-refractivity contribution in [3.8, 4) is 0 Å². The van der Waals surface area contributed by atoms with E-state index in [2.05, 4.69) is 225 Å². The Bertz CT molecular complexity index is 1800. The van der Waals surface area contributed by atoms with Crippen molar-refractivity contribution >= 4 is 114 Å². The van der Waals surface area contributed by atoms with E-state index in [1.807, 2.05) is 70.7 Å². The average Bonchev–Trinajstić information content (AvgIpc) is 3.34. The third-order valence-corrected chi connectivity index (χ3v) is 33.5. The molecule has 11 heteroatoms. The van der Waals surface area contributed by atoms with Crippen LogP contribution in [0.5, 0.6) is 0 Å². The number of hydrogen-bond acceptors (Lipinski definition) is 11. The van der Waals surface area contributed by atoms with Crippen LogP contribution in [0, 0.1) is 0 Å². The van der Waals surface area contributed by atoms with Crippen LogP contribution >= 0.6 is 114 Å². The summed E-state index contributed by atoms with van der Waals surface area (Å²) in [4.78, 5) is 0. The van der Waals surface area contributed by atoms with Crippen LogP contribution in [0.2, 0.25) is 0 Å². The molecule has 2 aliphatic rings. The lowest BCUT2D eigenvalue weighted by Gasteiger charge is -2.38. The fourth-order valence-corrected chi connectivity index (χ4v) is 35.4. The predicted octanol–water partition coefficient (Wildman–Crippen LogP) is 19.7. The molecule has 2 aliphatic carbocycles. The van der Waals surface area contributed by atoms with Crippen molar-refractivity contribution in [3.05, 3.63) is 215 Å². The van der Waals surface area contributed by atoms with Crippen molar-refractivity contribution in [1.29, 1.82) is 0 Å². The molecule has 0 amide bonds. The van der Waals surface area contributed by atoms with Gasteiger partial charge in [-0.05, 0) is 108 Å². The van der Waals surface area contributed by atoms with Crippen LogP contribution in [-0.2, 0) is 9.49 Å². The summed E-state index contributed by atoms with van der Waals surface area (Å²) in [5.41, 5.74) is 7.95. The molecule has 0 radical (unpaired) electrons. The molecule has 0 spiro atoms. The van der Waals surface area contributed by atoms with Crippen LogP contribution in [0.1, 0.15) is 97.6 Å². The summed E-state index contributed by atoms with van der Waals surface area (Å²) in [6.45, 7) is 0. The van der Waals surface area contributed by atoms with Crippen LogP contribution in [0.4, 0.5) is 0 Å². The van der Waals surface area contributed by atoms with Gasteiger partial charge in [-0.15, -0.1) is 0 Å². The lowest BCUT2D eigenvalue weighted by molar-refractivity contribution is 0.494. The maximum absolute atomic E-state index is 2.31. The predicted molar refractivity (Wildman–Crippen MR) is 294 cm³/mol. The maximum Gasteiger partial charge on any atom is 0.102 e.